The van der Waals surface area contributed by atoms with Crippen molar-refractivity contribution in [1.82, 2.24) is 10.7 Å². The van der Waals surface area contributed by atoms with E-state index in [0.717, 1.165) is 0 Å². The van der Waals surface area contributed by atoms with Crippen molar-refractivity contribution in [1.29, 1.82) is 0 Å². The number of rotatable bonds is 14. The maximum absolute atomic E-state index is 12.9. The van der Waals surface area contributed by atoms with Gasteiger partial charge in [0, 0.05) is 16.7 Å². The fraction of sp³-hybridized carbons (Fsp3) is 0.346. The maximum atomic E-state index is 12.9. The quantitative estimate of drug-likeness (QED) is 0.140. The first-order valence-corrected chi connectivity index (χ1v) is 12.6. The predicted molar refractivity (Wildman–Crippen MR) is 149 cm³/mol. The van der Waals surface area contributed by atoms with Gasteiger partial charge in [0.1, 0.15) is 18.4 Å². The Bertz CT molecular complexity index is 1240. The van der Waals surface area contributed by atoms with Crippen LogP contribution in [0.2, 0.25) is 10.0 Å². The highest BCUT2D eigenvalue weighted by Gasteiger charge is 2.26. The summed E-state index contributed by atoms with van der Waals surface area (Å²) in [5.41, 5.74) is 2.30. The molecule has 2 atom stereocenters. The Balaban J connectivity index is 2.19. The van der Waals surface area contributed by atoms with Crippen molar-refractivity contribution in [3.05, 3.63) is 68.7 Å². The third kappa shape index (κ3) is 9.45. The van der Waals surface area contributed by atoms with Crippen LogP contribution in [0.5, 0.6) is 17.2 Å². The summed E-state index contributed by atoms with van der Waals surface area (Å²) in [6.07, 6.45) is 2.01. The number of nitrogens with zero attached hydrogens (tertiary/aromatic N) is 2. The lowest BCUT2D eigenvalue weighted by Crippen LogP contribution is -2.49. The first-order valence-electron chi connectivity index (χ1n) is 11.8. The number of amides is 2. The van der Waals surface area contributed by atoms with E-state index in [4.69, 9.17) is 37.4 Å². The first-order chi connectivity index (χ1) is 18.5. The molecule has 0 bridgehead atoms. The summed E-state index contributed by atoms with van der Waals surface area (Å²) < 4.78 is 16.4. The SMILES string of the molecule is C=CCOc1c(/C=N\NC(=O)[C@H](CC(C)C)NC(=O)[C@@H](C)Oc2ccc(Cl)cc2Cl)cc([N+](=O)[O-])cc1OC. The number of carbonyl (C=O) groups excluding carboxylic acids is 2. The zero-order chi connectivity index (χ0) is 29.1. The van der Waals surface area contributed by atoms with Gasteiger partial charge in [0.2, 0.25) is 0 Å². The second-order valence-corrected chi connectivity index (χ2v) is 9.53. The highest BCUT2D eigenvalue weighted by Crippen LogP contribution is 2.35. The molecule has 11 nitrogen and oxygen atoms in total. The van der Waals surface area contributed by atoms with Crippen LogP contribution in [0.15, 0.2) is 48.1 Å². The zero-order valence-electron chi connectivity index (χ0n) is 21.9. The van der Waals surface area contributed by atoms with Gasteiger partial charge in [0.05, 0.1) is 29.3 Å². The van der Waals surface area contributed by atoms with E-state index >= 15 is 0 Å². The Morgan fingerprint density at radius 3 is 2.46 bits per heavy atom. The van der Waals surface area contributed by atoms with E-state index in [0.29, 0.717) is 11.4 Å². The monoisotopic (exact) mass is 580 g/mol. The van der Waals surface area contributed by atoms with Crippen LogP contribution in [-0.2, 0) is 9.59 Å². The molecular weight excluding hydrogens is 551 g/mol. The predicted octanol–water partition coefficient (Wildman–Crippen LogP) is 4.92. The number of hydrogen-bond donors (Lipinski definition) is 2. The van der Waals surface area contributed by atoms with Gasteiger partial charge in [-0.1, -0.05) is 49.7 Å². The number of hydrazone groups is 1. The minimum absolute atomic E-state index is 0.0481. The Morgan fingerprint density at radius 2 is 1.87 bits per heavy atom. The largest absolute Gasteiger partial charge is 0.493 e. The average molecular weight is 581 g/mol. The van der Waals surface area contributed by atoms with Crippen LogP contribution in [0.1, 0.15) is 32.8 Å². The average Bonchev–Trinajstić information content (AvgIpc) is 2.88. The molecule has 2 rings (SSSR count). The van der Waals surface area contributed by atoms with E-state index in [-0.39, 0.29) is 46.0 Å². The van der Waals surface area contributed by atoms with Gasteiger partial charge in [-0.05, 0) is 37.5 Å². The minimum Gasteiger partial charge on any atom is -0.493 e. The molecule has 2 amide bonds. The first kappa shape index (κ1) is 31.4. The number of hydrogen-bond acceptors (Lipinski definition) is 8. The van der Waals surface area contributed by atoms with Crippen LogP contribution in [0.25, 0.3) is 0 Å². The molecule has 39 heavy (non-hydrogen) atoms. The van der Waals surface area contributed by atoms with E-state index in [9.17, 15) is 19.7 Å². The lowest BCUT2D eigenvalue weighted by atomic mass is 10.0. The van der Waals surface area contributed by atoms with Crippen molar-refractivity contribution >= 4 is 46.9 Å². The van der Waals surface area contributed by atoms with Gasteiger partial charge in [-0.3, -0.25) is 19.7 Å². The molecular formula is C26H30Cl2N4O7. The van der Waals surface area contributed by atoms with Crippen molar-refractivity contribution < 1.29 is 28.7 Å². The summed E-state index contributed by atoms with van der Waals surface area (Å²) in [4.78, 5) is 36.5. The van der Waals surface area contributed by atoms with Crippen molar-refractivity contribution in [3.8, 4) is 17.2 Å². The van der Waals surface area contributed by atoms with Crippen LogP contribution >= 0.6 is 23.2 Å². The number of nitrogens with one attached hydrogen (secondary N) is 2. The number of nitro groups is 1. The van der Waals surface area contributed by atoms with Crippen molar-refractivity contribution in [3.63, 3.8) is 0 Å². The van der Waals surface area contributed by atoms with Gasteiger partial charge in [-0.15, -0.1) is 0 Å². The van der Waals surface area contributed by atoms with E-state index < -0.39 is 28.9 Å². The molecule has 2 N–H and O–H groups in total. The second kappa shape index (κ2) is 14.9. The Kier molecular flexibility index (Phi) is 12.0. The van der Waals surface area contributed by atoms with Crippen LogP contribution in [0, 0.1) is 16.0 Å². The van der Waals surface area contributed by atoms with Crippen LogP contribution in [0.4, 0.5) is 5.69 Å². The summed E-state index contributed by atoms with van der Waals surface area (Å²) in [5, 5.41) is 18.6. The third-order valence-corrected chi connectivity index (χ3v) is 5.66. The summed E-state index contributed by atoms with van der Waals surface area (Å²) in [7, 11) is 1.34. The minimum atomic E-state index is -0.975. The van der Waals surface area contributed by atoms with Crippen molar-refractivity contribution in [2.24, 2.45) is 11.0 Å². The lowest BCUT2D eigenvalue weighted by molar-refractivity contribution is -0.385. The van der Waals surface area contributed by atoms with Gasteiger partial charge in [0.25, 0.3) is 17.5 Å². The molecule has 2 aromatic rings. The van der Waals surface area contributed by atoms with Crippen molar-refractivity contribution in [2.45, 2.75) is 39.3 Å². The molecule has 0 aliphatic heterocycles. The molecule has 0 aromatic heterocycles. The molecule has 0 radical (unpaired) electrons. The fourth-order valence-electron chi connectivity index (χ4n) is 3.31. The van der Waals surface area contributed by atoms with E-state index in [2.05, 4.69) is 22.4 Å². The van der Waals surface area contributed by atoms with E-state index in [1.807, 2.05) is 13.8 Å². The molecule has 13 heteroatoms. The molecule has 2 aromatic carbocycles. The Morgan fingerprint density at radius 1 is 1.15 bits per heavy atom. The fourth-order valence-corrected chi connectivity index (χ4v) is 3.76. The van der Waals surface area contributed by atoms with Gasteiger partial charge in [-0.25, -0.2) is 5.43 Å². The lowest BCUT2D eigenvalue weighted by Gasteiger charge is -2.22. The summed E-state index contributed by atoms with van der Waals surface area (Å²) in [6.45, 7) is 8.98. The third-order valence-electron chi connectivity index (χ3n) is 5.13. The van der Waals surface area contributed by atoms with Crippen LogP contribution in [0.3, 0.4) is 0 Å². The Hall–Kier alpha value is -3.83. The molecule has 0 saturated heterocycles. The molecule has 0 aliphatic rings. The highest BCUT2D eigenvalue weighted by atomic mass is 35.5. The van der Waals surface area contributed by atoms with Gasteiger partial charge < -0.3 is 19.5 Å². The number of carbonyl (C=O) groups is 2. The van der Waals surface area contributed by atoms with E-state index in [1.165, 1.54) is 50.6 Å². The number of methoxy groups -OCH3 is 1. The number of benzene rings is 2. The number of halogens is 2. The van der Waals surface area contributed by atoms with Crippen LogP contribution in [-0.4, -0.2) is 48.8 Å². The number of non-ortho nitro benzene ring substituents is 1. The number of ether oxygens (including phenoxy) is 3. The standard InChI is InChI=1S/C26H30Cl2N4O7/c1-6-9-38-24-17(11-19(32(35)36)13-23(24)37-5)14-29-31-26(34)21(10-15(2)3)30-25(33)16(4)39-22-8-7-18(27)12-20(22)28/h6-8,11-16,21H,1,9-10H2,2-5H3,(H,30,33)(H,31,34)/b29-14-/t16-,21+/m1/s1. The summed E-state index contributed by atoms with van der Waals surface area (Å²) in [5.74, 6) is -0.546. The van der Waals surface area contributed by atoms with E-state index in [1.54, 1.807) is 6.07 Å². The molecule has 0 spiro atoms. The molecule has 0 fully saturated rings. The van der Waals surface area contributed by atoms with Crippen LogP contribution < -0.4 is 25.0 Å². The molecule has 0 heterocycles. The van der Waals surface area contributed by atoms with Gasteiger partial charge in [-0.2, -0.15) is 5.10 Å². The summed E-state index contributed by atoms with van der Waals surface area (Å²) >= 11 is 12.0. The molecule has 0 aliphatic carbocycles. The van der Waals surface area contributed by atoms with Crippen molar-refractivity contribution in [2.75, 3.05) is 13.7 Å². The highest BCUT2D eigenvalue weighted by molar-refractivity contribution is 6.35. The van der Waals surface area contributed by atoms with Gasteiger partial charge in [0.15, 0.2) is 17.6 Å². The molecule has 0 saturated carbocycles. The Labute approximate surface area is 236 Å². The topological polar surface area (TPSA) is 141 Å². The zero-order valence-corrected chi connectivity index (χ0v) is 23.4. The summed E-state index contributed by atoms with van der Waals surface area (Å²) in [6, 6.07) is 6.09. The second-order valence-electron chi connectivity index (χ2n) is 8.68. The molecule has 210 valence electrons. The molecule has 0 unspecified atom stereocenters. The normalized spacial score (nSPS) is 12.5. The maximum Gasteiger partial charge on any atom is 0.274 e. The number of nitro benzene ring substituents is 1. The smallest absolute Gasteiger partial charge is 0.274 e. The van der Waals surface area contributed by atoms with Gasteiger partial charge >= 0.3 is 0 Å².